The summed E-state index contributed by atoms with van der Waals surface area (Å²) in [6.45, 7) is 6.83. The fourth-order valence-electron chi connectivity index (χ4n) is 2.94. The van der Waals surface area contributed by atoms with E-state index < -0.39 is 0 Å². The first-order valence-corrected chi connectivity index (χ1v) is 9.11. The molecule has 0 spiro atoms. The molecule has 0 aliphatic carbocycles. The Kier molecular flexibility index (Phi) is 5.88. The first kappa shape index (κ1) is 18.4. The molecule has 2 aromatic rings. The third kappa shape index (κ3) is 4.82. The van der Waals surface area contributed by atoms with Crippen molar-refractivity contribution in [3.8, 4) is 0 Å². The van der Waals surface area contributed by atoms with E-state index in [-0.39, 0.29) is 5.60 Å². The maximum Gasteiger partial charge on any atom is 0.192 e. The lowest BCUT2D eigenvalue weighted by molar-refractivity contribution is 0.0242. The highest BCUT2D eigenvalue weighted by Crippen LogP contribution is 2.23. The molecule has 140 valence electrons. The van der Waals surface area contributed by atoms with Gasteiger partial charge in [0.2, 0.25) is 0 Å². The minimum atomic E-state index is -0.128. The van der Waals surface area contributed by atoms with Gasteiger partial charge in [0.05, 0.1) is 18.7 Å². The number of aromatic nitrogens is 3. The molecule has 2 N–H and O–H groups in total. The second kappa shape index (κ2) is 8.31. The Labute approximate surface area is 154 Å². The van der Waals surface area contributed by atoms with E-state index in [4.69, 9.17) is 9.73 Å². The smallest absolute Gasteiger partial charge is 0.192 e. The van der Waals surface area contributed by atoms with Gasteiger partial charge in [-0.25, -0.2) is 4.99 Å². The van der Waals surface area contributed by atoms with Gasteiger partial charge in [0, 0.05) is 20.2 Å². The third-order valence-electron chi connectivity index (χ3n) is 4.79. The van der Waals surface area contributed by atoms with E-state index in [1.54, 1.807) is 0 Å². The van der Waals surface area contributed by atoms with Crippen molar-refractivity contribution in [2.75, 3.05) is 13.2 Å². The molecule has 1 aliphatic rings. The predicted molar refractivity (Wildman–Crippen MR) is 102 cm³/mol. The van der Waals surface area contributed by atoms with Gasteiger partial charge in [-0.1, -0.05) is 30.3 Å². The number of aryl methyl sites for hydroxylation is 1. The van der Waals surface area contributed by atoms with Gasteiger partial charge in [-0.3, -0.25) is 0 Å². The molecular weight excluding hydrogens is 328 g/mol. The Morgan fingerprint density at radius 1 is 1.27 bits per heavy atom. The second-order valence-corrected chi connectivity index (χ2v) is 6.98. The van der Waals surface area contributed by atoms with Gasteiger partial charge in [-0.15, -0.1) is 10.2 Å². The number of nitrogens with one attached hydrogen (secondary N) is 2. The van der Waals surface area contributed by atoms with Crippen molar-refractivity contribution in [1.82, 2.24) is 25.4 Å². The average Bonchev–Trinajstić information content (AvgIpc) is 3.22. The standard InChI is InChI=1S/C19H28N6O/c1-15-23-24-17(25(15)3)13-21-18(20-12-16-8-5-4-6-9-16)22-14-19(2)10-7-11-26-19/h4-6,8-9H,7,10-14H2,1-3H3,(H2,20,21,22). The highest BCUT2D eigenvalue weighted by Gasteiger charge is 2.29. The van der Waals surface area contributed by atoms with Crippen LogP contribution in [-0.2, 0) is 24.9 Å². The van der Waals surface area contributed by atoms with Crippen molar-refractivity contribution < 1.29 is 4.74 Å². The second-order valence-electron chi connectivity index (χ2n) is 6.98. The van der Waals surface area contributed by atoms with Gasteiger partial charge in [0.15, 0.2) is 11.8 Å². The molecule has 0 radical (unpaired) electrons. The van der Waals surface area contributed by atoms with Gasteiger partial charge >= 0.3 is 0 Å². The van der Waals surface area contributed by atoms with Gasteiger partial charge in [-0.2, -0.15) is 0 Å². The van der Waals surface area contributed by atoms with Crippen LogP contribution in [0.4, 0.5) is 0 Å². The Morgan fingerprint density at radius 3 is 2.73 bits per heavy atom. The number of hydrogen-bond donors (Lipinski definition) is 2. The fourth-order valence-corrected chi connectivity index (χ4v) is 2.94. The summed E-state index contributed by atoms with van der Waals surface area (Å²) in [5, 5.41) is 15.1. The van der Waals surface area contributed by atoms with Gasteiger partial charge in [-0.05, 0) is 32.3 Å². The molecule has 1 atom stereocenters. The summed E-state index contributed by atoms with van der Waals surface area (Å²) in [5.74, 6) is 2.52. The van der Waals surface area contributed by atoms with Gasteiger partial charge in [0.1, 0.15) is 5.82 Å². The largest absolute Gasteiger partial charge is 0.373 e. The van der Waals surface area contributed by atoms with Crippen LogP contribution >= 0.6 is 0 Å². The Morgan fingerprint density at radius 2 is 2.08 bits per heavy atom. The summed E-state index contributed by atoms with van der Waals surface area (Å²) in [4.78, 5) is 4.72. The van der Waals surface area contributed by atoms with Crippen molar-refractivity contribution in [3.63, 3.8) is 0 Å². The maximum absolute atomic E-state index is 5.87. The molecule has 3 rings (SSSR count). The summed E-state index contributed by atoms with van der Waals surface area (Å²) in [5.41, 5.74) is 1.04. The van der Waals surface area contributed by atoms with Crippen LogP contribution in [0.2, 0.25) is 0 Å². The zero-order valence-corrected chi connectivity index (χ0v) is 15.8. The van der Waals surface area contributed by atoms with Crippen LogP contribution in [0, 0.1) is 6.92 Å². The lowest BCUT2D eigenvalue weighted by atomic mass is 10.0. The Hall–Kier alpha value is -2.41. The number of guanidine groups is 1. The molecule has 1 unspecified atom stereocenters. The van der Waals surface area contributed by atoms with E-state index in [0.717, 1.165) is 43.6 Å². The van der Waals surface area contributed by atoms with E-state index in [1.807, 2.05) is 36.7 Å². The highest BCUT2D eigenvalue weighted by atomic mass is 16.5. The van der Waals surface area contributed by atoms with Crippen LogP contribution in [-0.4, -0.2) is 39.5 Å². The number of benzene rings is 1. The molecule has 1 aromatic heterocycles. The lowest BCUT2D eigenvalue weighted by Gasteiger charge is -2.24. The molecule has 2 heterocycles. The molecule has 0 bridgehead atoms. The van der Waals surface area contributed by atoms with Crippen LogP contribution in [0.15, 0.2) is 35.3 Å². The molecular formula is C19H28N6O. The number of nitrogens with zero attached hydrogens (tertiary/aromatic N) is 4. The number of rotatable bonds is 6. The Bertz CT molecular complexity index is 734. The van der Waals surface area contributed by atoms with Crippen molar-refractivity contribution in [1.29, 1.82) is 0 Å². The Balaban J connectivity index is 1.64. The summed E-state index contributed by atoms with van der Waals surface area (Å²) in [6, 6.07) is 10.2. The summed E-state index contributed by atoms with van der Waals surface area (Å²) >= 11 is 0. The summed E-state index contributed by atoms with van der Waals surface area (Å²) in [7, 11) is 1.97. The quantitative estimate of drug-likeness (QED) is 0.611. The first-order chi connectivity index (χ1) is 12.6. The monoisotopic (exact) mass is 356 g/mol. The van der Waals surface area contributed by atoms with Crippen LogP contribution in [0.3, 0.4) is 0 Å². The summed E-state index contributed by atoms with van der Waals surface area (Å²) in [6.07, 6.45) is 2.18. The van der Waals surface area contributed by atoms with E-state index >= 15 is 0 Å². The SMILES string of the molecule is Cc1nnc(CNC(=NCc2ccccc2)NCC2(C)CCCO2)n1C. The fraction of sp³-hybridized carbons (Fsp3) is 0.526. The van der Waals surface area contributed by atoms with Crippen molar-refractivity contribution in [2.45, 2.75) is 45.4 Å². The van der Waals surface area contributed by atoms with Crippen molar-refractivity contribution in [2.24, 2.45) is 12.0 Å². The van der Waals surface area contributed by atoms with Crippen LogP contribution in [0.1, 0.15) is 37.0 Å². The maximum atomic E-state index is 5.87. The van der Waals surface area contributed by atoms with Crippen LogP contribution in [0.25, 0.3) is 0 Å². The molecule has 1 fully saturated rings. The van der Waals surface area contributed by atoms with E-state index in [9.17, 15) is 0 Å². The molecule has 0 saturated carbocycles. The number of aliphatic imine (C=N–C) groups is 1. The van der Waals surface area contributed by atoms with Crippen LogP contribution < -0.4 is 10.6 Å². The summed E-state index contributed by atoms with van der Waals surface area (Å²) < 4.78 is 7.84. The van der Waals surface area contributed by atoms with E-state index in [0.29, 0.717) is 13.1 Å². The predicted octanol–water partition coefficient (Wildman–Crippen LogP) is 1.93. The lowest BCUT2D eigenvalue weighted by Crippen LogP contribution is -2.45. The molecule has 1 aromatic carbocycles. The molecule has 1 aliphatic heterocycles. The van der Waals surface area contributed by atoms with Crippen LogP contribution in [0.5, 0.6) is 0 Å². The molecule has 7 nitrogen and oxygen atoms in total. The minimum absolute atomic E-state index is 0.128. The van der Waals surface area contributed by atoms with Crippen molar-refractivity contribution in [3.05, 3.63) is 47.5 Å². The molecule has 7 heteroatoms. The molecule has 0 amide bonds. The highest BCUT2D eigenvalue weighted by molar-refractivity contribution is 5.79. The third-order valence-corrected chi connectivity index (χ3v) is 4.79. The van der Waals surface area contributed by atoms with E-state index in [2.05, 4.69) is 39.9 Å². The normalized spacial score (nSPS) is 20.3. The topological polar surface area (TPSA) is 76.4 Å². The van der Waals surface area contributed by atoms with Gasteiger partial charge in [0.25, 0.3) is 0 Å². The first-order valence-electron chi connectivity index (χ1n) is 9.11. The number of ether oxygens (including phenoxy) is 1. The van der Waals surface area contributed by atoms with Crippen molar-refractivity contribution >= 4 is 5.96 Å². The number of hydrogen-bond acceptors (Lipinski definition) is 4. The average molecular weight is 356 g/mol. The zero-order valence-electron chi connectivity index (χ0n) is 15.8. The van der Waals surface area contributed by atoms with E-state index in [1.165, 1.54) is 5.56 Å². The van der Waals surface area contributed by atoms with Gasteiger partial charge < -0.3 is 19.9 Å². The molecule has 26 heavy (non-hydrogen) atoms. The molecule has 1 saturated heterocycles. The zero-order chi connectivity index (χ0) is 18.4. The minimum Gasteiger partial charge on any atom is -0.373 e.